The Morgan fingerprint density at radius 1 is 1.06 bits per heavy atom. The number of hydrogen-bond acceptors (Lipinski definition) is 2. The Kier molecular flexibility index (Phi) is 3.85. The molecule has 2 aromatic carbocycles. The molecule has 18 heavy (non-hydrogen) atoms. The molecule has 2 rings (SSSR count). The van der Waals surface area contributed by atoms with Crippen molar-refractivity contribution in [3.05, 3.63) is 59.1 Å². The van der Waals surface area contributed by atoms with Crippen LogP contribution in [0.25, 0.3) is 0 Å². The molecule has 92 valence electrons. The van der Waals surface area contributed by atoms with Crippen LogP contribution in [0.2, 0.25) is 5.02 Å². The standard InChI is InChI=1S/C14H13ClN2O/c1-16-14(18)10-6-8-11(9-7-10)17-13-5-3-2-4-12(13)15/h2-9,17H,1H3,(H,16,18). The van der Waals surface area contributed by atoms with E-state index in [1.165, 1.54) is 0 Å². The molecule has 4 heteroatoms. The third-order valence-corrected chi connectivity index (χ3v) is 2.86. The van der Waals surface area contributed by atoms with Crippen molar-refractivity contribution in [3.8, 4) is 0 Å². The quantitative estimate of drug-likeness (QED) is 0.888. The molecule has 2 N–H and O–H groups in total. The molecule has 3 nitrogen and oxygen atoms in total. The summed E-state index contributed by atoms with van der Waals surface area (Å²) in [4.78, 5) is 11.4. The summed E-state index contributed by atoms with van der Waals surface area (Å²) in [5.41, 5.74) is 2.35. The van der Waals surface area contributed by atoms with Gasteiger partial charge in [0, 0.05) is 18.3 Å². The number of hydrogen-bond donors (Lipinski definition) is 2. The molecule has 0 radical (unpaired) electrons. The Bertz CT molecular complexity index is 552. The Balaban J connectivity index is 2.16. The molecule has 0 heterocycles. The first-order valence-electron chi connectivity index (χ1n) is 5.54. The summed E-state index contributed by atoms with van der Waals surface area (Å²) >= 11 is 6.05. The fourth-order valence-electron chi connectivity index (χ4n) is 1.57. The van der Waals surface area contributed by atoms with Gasteiger partial charge in [-0.25, -0.2) is 0 Å². The Hall–Kier alpha value is -2.00. The van der Waals surface area contributed by atoms with Crippen LogP contribution in [-0.2, 0) is 0 Å². The molecule has 0 aliphatic rings. The monoisotopic (exact) mass is 260 g/mol. The van der Waals surface area contributed by atoms with Crippen LogP contribution in [0.4, 0.5) is 11.4 Å². The second kappa shape index (κ2) is 5.56. The first kappa shape index (κ1) is 12.5. The van der Waals surface area contributed by atoms with E-state index in [9.17, 15) is 4.79 Å². The highest BCUT2D eigenvalue weighted by molar-refractivity contribution is 6.33. The van der Waals surface area contributed by atoms with Crippen molar-refractivity contribution in [1.29, 1.82) is 0 Å². The van der Waals surface area contributed by atoms with E-state index in [-0.39, 0.29) is 5.91 Å². The van der Waals surface area contributed by atoms with Crippen molar-refractivity contribution < 1.29 is 4.79 Å². The minimum Gasteiger partial charge on any atom is -0.355 e. The zero-order chi connectivity index (χ0) is 13.0. The molecule has 0 aliphatic carbocycles. The molecular formula is C14H13ClN2O. The highest BCUT2D eigenvalue weighted by atomic mass is 35.5. The first-order valence-corrected chi connectivity index (χ1v) is 5.92. The third-order valence-electron chi connectivity index (χ3n) is 2.53. The maximum absolute atomic E-state index is 11.4. The van der Waals surface area contributed by atoms with Gasteiger partial charge in [0.25, 0.3) is 5.91 Å². The number of benzene rings is 2. The van der Waals surface area contributed by atoms with Gasteiger partial charge in [-0.2, -0.15) is 0 Å². The summed E-state index contributed by atoms with van der Waals surface area (Å²) in [7, 11) is 1.61. The zero-order valence-electron chi connectivity index (χ0n) is 9.91. The van der Waals surface area contributed by atoms with Crippen LogP contribution >= 0.6 is 11.6 Å². The van der Waals surface area contributed by atoms with Crippen LogP contribution in [0.1, 0.15) is 10.4 Å². The van der Waals surface area contributed by atoms with E-state index in [4.69, 9.17) is 11.6 Å². The van der Waals surface area contributed by atoms with Crippen molar-refractivity contribution in [2.75, 3.05) is 12.4 Å². The van der Waals surface area contributed by atoms with E-state index in [2.05, 4.69) is 10.6 Å². The van der Waals surface area contributed by atoms with Crippen LogP contribution in [0.3, 0.4) is 0 Å². The van der Waals surface area contributed by atoms with Gasteiger partial charge in [0.1, 0.15) is 0 Å². The first-order chi connectivity index (χ1) is 8.70. The van der Waals surface area contributed by atoms with Crippen LogP contribution in [-0.4, -0.2) is 13.0 Å². The summed E-state index contributed by atoms with van der Waals surface area (Å²) in [6.07, 6.45) is 0. The average molecular weight is 261 g/mol. The smallest absolute Gasteiger partial charge is 0.251 e. The number of para-hydroxylation sites is 1. The van der Waals surface area contributed by atoms with Gasteiger partial charge in [-0.15, -0.1) is 0 Å². The van der Waals surface area contributed by atoms with Gasteiger partial charge in [0.05, 0.1) is 10.7 Å². The summed E-state index contributed by atoms with van der Waals surface area (Å²) in [6, 6.07) is 14.7. The minimum atomic E-state index is -0.0979. The van der Waals surface area contributed by atoms with Crippen molar-refractivity contribution in [2.45, 2.75) is 0 Å². The van der Waals surface area contributed by atoms with Gasteiger partial charge in [-0.1, -0.05) is 23.7 Å². The third kappa shape index (κ3) is 2.81. The lowest BCUT2D eigenvalue weighted by molar-refractivity contribution is 0.0963. The molecule has 0 aromatic heterocycles. The second-order valence-electron chi connectivity index (χ2n) is 3.76. The van der Waals surface area contributed by atoms with E-state index in [0.717, 1.165) is 11.4 Å². The summed E-state index contributed by atoms with van der Waals surface area (Å²) in [5.74, 6) is -0.0979. The van der Waals surface area contributed by atoms with E-state index >= 15 is 0 Å². The maximum Gasteiger partial charge on any atom is 0.251 e. The highest BCUT2D eigenvalue weighted by Crippen LogP contribution is 2.24. The number of carbonyl (C=O) groups is 1. The number of carbonyl (C=O) groups excluding carboxylic acids is 1. The lowest BCUT2D eigenvalue weighted by atomic mass is 10.2. The molecule has 0 atom stereocenters. The normalized spacial score (nSPS) is 9.89. The predicted molar refractivity (Wildman–Crippen MR) is 74.6 cm³/mol. The van der Waals surface area contributed by atoms with Gasteiger partial charge in [-0.05, 0) is 36.4 Å². The molecule has 0 fully saturated rings. The number of rotatable bonds is 3. The van der Waals surface area contributed by atoms with E-state index < -0.39 is 0 Å². The maximum atomic E-state index is 11.4. The molecule has 0 aliphatic heterocycles. The molecule has 0 saturated carbocycles. The van der Waals surface area contributed by atoms with E-state index in [1.54, 1.807) is 19.2 Å². The molecule has 0 unspecified atom stereocenters. The second-order valence-corrected chi connectivity index (χ2v) is 4.17. The molecule has 0 saturated heterocycles. The highest BCUT2D eigenvalue weighted by Gasteiger charge is 2.03. The number of anilines is 2. The fraction of sp³-hybridized carbons (Fsp3) is 0.0714. The lowest BCUT2D eigenvalue weighted by Crippen LogP contribution is -2.17. The average Bonchev–Trinajstić information content (AvgIpc) is 2.41. The Labute approximate surface area is 111 Å². The van der Waals surface area contributed by atoms with Gasteiger partial charge < -0.3 is 10.6 Å². The summed E-state index contributed by atoms with van der Waals surface area (Å²) in [6.45, 7) is 0. The topological polar surface area (TPSA) is 41.1 Å². The lowest BCUT2D eigenvalue weighted by Gasteiger charge is -2.08. The van der Waals surface area contributed by atoms with Gasteiger partial charge >= 0.3 is 0 Å². The molecule has 0 bridgehead atoms. The zero-order valence-corrected chi connectivity index (χ0v) is 10.7. The fourth-order valence-corrected chi connectivity index (χ4v) is 1.75. The predicted octanol–water partition coefficient (Wildman–Crippen LogP) is 3.44. The van der Waals surface area contributed by atoms with Crippen molar-refractivity contribution in [3.63, 3.8) is 0 Å². The Morgan fingerprint density at radius 3 is 2.33 bits per heavy atom. The number of halogens is 1. The Morgan fingerprint density at radius 2 is 1.72 bits per heavy atom. The minimum absolute atomic E-state index is 0.0979. The van der Waals surface area contributed by atoms with Crippen LogP contribution in [0.15, 0.2) is 48.5 Å². The van der Waals surface area contributed by atoms with Gasteiger partial charge in [0.2, 0.25) is 0 Å². The summed E-state index contributed by atoms with van der Waals surface area (Å²) in [5, 5.41) is 6.43. The van der Waals surface area contributed by atoms with Crippen molar-refractivity contribution in [2.24, 2.45) is 0 Å². The van der Waals surface area contributed by atoms with Crippen molar-refractivity contribution >= 4 is 28.9 Å². The van der Waals surface area contributed by atoms with E-state index in [1.807, 2.05) is 36.4 Å². The van der Waals surface area contributed by atoms with Crippen molar-refractivity contribution in [1.82, 2.24) is 5.32 Å². The largest absolute Gasteiger partial charge is 0.355 e. The molecule has 0 spiro atoms. The van der Waals surface area contributed by atoms with Gasteiger partial charge in [-0.3, -0.25) is 4.79 Å². The van der Waals surface area contributed by atoms with E-state index in [0.29, 0.717) is 10.6 Å². The molecular weight excluding hydrogens is 248 g/mol. The SMILES string of the molecule is CNC(=O)c1ccc(Nc2ccccc2Cl)cc1. The molecule has 1 amide bonds. The summed E-state index contributed by atoms with van der Waals surface area (Å²) < 4.78 is 0. The molecule has 2 aromatic rings. The van der Waals surface area contributed by atoms with Crippen LogP contribution in [0.5, 0.6) is 0 Å². The van der Waals surface area contributed by atoms with Gasteiger partial charge in [0.15, 0.2) is 0 Å². The number of amides is 1. The number of nitrogens with one attached hydrogen (secondary N) is 2. The van der Waals surface area contributed by atoms with Crippen LogP contribution in [0, 0.1) is 0 Å². The van der Waals surface area contributed by atoms with Crippen LogP contribution < -0.4 is 10.6 Å².